The molecule has 0 saturated heterocycles. The summed E-state index contributed by atoms with van der Waals surface area (Å²) in [5.41, 5.74) is -0.609. The van der Waals surface area contributed by atoms with Crippen LogP contribution in [0.3, 0.4) is 0 Å². The molecule has 1 aliphatic rings. The van der Waals surface area contributed by atoms with Gasteiger partial charge < -0.3 is 20.1 Å². The molecule has 1 atom stereocenters. The molecule has 204 valence electrons. The number of carbonyl (C=O) groups is 1. The minimum Gasteiger partial charge on any atom is -0.496 e. The predicted molar refractivity (Wildman–Crippen MR) is 139 cm³/mol. The summed E-state index contributed by atoms with van der Waals surface area (Å²) in [5, 5.41) is 24.7. The molecule has 1 heterocycles. The quantitative estimate of drug-likeness (QED) is 0.410. The summed E-state index contributed by atoms with van der Waals surface area (Å²) in [4.78, 5) is 14.0. The molecule has 1 amide bonds. The maximum absolute atomic E-state index is 14.8. The van der Waals surface area contributed by atoms with Gasteiger partial charge >= 0.3 is 0 Å². The fraction of sp³-hybridized carbons (Fsp3) is 0.464. The van der Waals surface area contributed by atoms with Crippen LogP contribution in [0.25, 0.3) is 10.8 Å². The second-order valence-corrected chi connectivity index (χ2v) is 10.2. The number of aromatic nitrogens is 2. The molecule has 0 aliphatic heterocycles. The molecule has 7 nitrogen and oxygen atoms in total. The lowest BCUT2D eigenvalue weighted by Crippen LogP contribution is -2.38. The van der Waals surface area contributed by atoms with E-state index in [1.54, 1.807) is 45.0 Å². The summed E-state index contributed by atoms with van der Waals surface area (Å²) >= 11 is 0. The largest absolute Gasteiger partial charge is 0.496 e. The maximum atomic E-state index is 14.8. The summed E-state index contributed by atoms with van der Waals surface area (Å²) in [6.45, 7) is 3.45. The van der Waals surface area contributed by atoms with E-state index in [-0.39, 0.29) is 17.4 Å². The summed E-state index contributed by atoms with van der Waals surface area (Å²) in [7, 11) is 4.98. The number of aryl methyl sites for hydroxylation is 1. The minimum atomic E-state index is -2.93. The normalized spacial score (nSPS) is 20.4. The van der Waals surface area contributed by atoms with E-state index in [2.05, 4.69) is 15.5 Å². The standard InChI is InChI=1S/C28H33F3N4O3/c1-15(18-7-6-8-19(24(18)29)25(30)31)32-26-21-13-22(23(38-5)14-20(21)16(2)33-34-26)28(37)11-9-17(10-12-28)27(36)35(3)4/h6-8,13-15,17,25,37H,9-12H2,1-5H3,(H,32,34)/t15-,17?,28?/m1/s1. The maximum Gasteiger partial charge on any atom is 0.266 e. The van der Waals surface area contributed by atoms with Gasteiger partial charge in [-0.3, -0.25) is 4.79 Å². The van der Waals surface area contributed by atoms with Crippen LogP contribution in [0.1, 0.15) is 67.5 Å². The zero-order valence-corrected chi connectivity index (χ0v) is 22.2. The van der Waals surface area contributed by atoms with Gasteiger partial charge in [-0.1, -0.05) is 18.2 Å². The van der Waals surface area contributed by atoms with Gasteiger partial charge in [0.05, 0.1) is 30.0 Å². The number of alkyl halides is 2. The van der Waals surface area contributed by atoms with Crippen molar-refractivity contribution in [1.29, 1.82) is 0 Å². The van der Waals surface area contributed by atoms with Crippen LogP contribution in [0.2, 0.25) is 0 Å². The number of nitrogens with zero attached hydrogens (tertiary/aromatic N) is 3. The van der Waals surface area contributed by atoms with E-state index >= 15 is 0 Å². The predicted octanol–water partition coefficient (Wildman–Crippen LogP) is 5.66. The number of fused-ring (bicyclic) bond motifs is 1. The molecule has 10 heteroatoms. The van der Waals surface area contributed by atoms with Crippen LogP contribution in [0.15, 0.2) is 30.3 Å². The highest BCUT2D eigenvalue weighted by Crippen LogP contribution is 2.45. The van der Waals surface area contributed by atoms with Crippen LogP contribution >= 0.6 is 0 Å². The Bertz CT molecular complexity index is 1340. The van der Waals surface area contributed by atoms with Gasteiger partial charge in [0, 0.05) is 41.9 Å². The average molecular weight is 531 g/mol. The number of amides is 1. The van der Waals surface area contributed by atoms with E-state index in [0.717, 1.165) is 11.5 Å². The van der Waals surface area contributed by atoms with Gasteiger partial charge in [0.25, 0.3) is 6.43 Å². The number of rotatable bonds is 7. The highest BCUT2D eigenvalue weighted by Gasteiger charge is 2.39. The second-order valence-electron chi connectivity index (χ2n) is 10.2. The second kappa shape index (κ2) is 10.8. The van der Waals surface area contributed by atoms with Crippen molar-refractivity contribution < 1.29 is 27.8 Å². The van der Waals surface area contributed by atoms with Crippen LogP contribution in [0.4, 0.5) is 19.0 Å². The molecule has 1 fully saturated rings. The molecule has 0 radical (unpaired) electrons. The van der Waals surface area contributed by atoms with Crippen molar-refractivity contribution in [2.75, 3.05) is 26.5 Å². The fourth-order valence-electron chi connectivity index (χ4n) is 5.28. The van der Waals surface area contributed by atoms with Crippen molar-refractivity contribution in [2.45, 2.75) is 57.6 Å². The first-order chi connectivity index (χ1) is 18.0. The van der Waals surface area contributed by atoms with Gasteiger partial charge in [0.15, 0.2) is 5.82 Å². The van der Waals surface area contributed by atoms with Gasteiger partial charge in [-0.15, -0.1) is 5.10 Å². The average Bonchev–Trinajstić information content (AvgIpc) is 2.89. The number of ether oxygens (including phenoxy) is 1. The zero-order valence-electron chi connectivity index (χ0n) is 22.2. The molecule has 0 unspecified atom stereocenters. The first-order valence-corrected chi connectivity index (χ1v) is 12.6. The Morgan fingerprint density at radius 2 is 1.82 bits per heavy atom. The molecule has 2 N–H and O–H groups in total. The fourth-order valence-corrected chi connectivity index (χ4v) is 5.28. The number of methoxy groups -OCH3 is 1. The SMILES string of the molecule is COc1cc2c(C)nnc(N[C@H](C)c3cccc(C(F)F)c3F)c2cc1C1(O)CCC(C(=O)N(C)C)CC1. The summed E-state index contributed by atoms with van der Waals surface area (Å²) < 4.78 is 47.0. The van der Waals surface area contributed by atoms with Crippen molar-refractivity contribution >= 4 is 22.5 Å². The van der Waals surface area contributed by atoms with E-state index in [4.69, 9.17) is 4.74 Å². The summed E-state index contributed by atoms with van der Waals surface area (Å²) in [5.74, 6) is -0.256. The molecule has 3 aromatic rings. The lowest BCUT2D eigenvalue weighted by Gasteiger charge is -2.37. The Morgan fingerprint density at radius 1 is 1.16 bits per heavy atom. The number of benzene rings is 2. The lowest BCUT2D eigenvalue weighted by molar-refractivity contribution is -0.136. The Hall–Kier alpha value is -3.40. The summed E-state index contributed by atoms with van der Waals surface area (Å²) in [6, 6.07) is 6.80. The monoisotopic (exact) mass is 530 g/mol. The van der Waals surface area contributed by atoms with Crippen LogP contribution in [-0.4, -0.2) is 47.3 Å². The lowest BCUT2D eigenvalue weighted by atomic mass is 9.74. The molecule has 1 aromatic heterocycles. The van der Waals surface area contributed by atoms with Crippen molar-refractivity contribution in [2.24, 2.45) is 5.92 Å². The van der Waals surface area contributed by atoms with Gasteiger partial charge in [0.2, 0.25) is 5.91 Å². The minimum absolute atomic E-state index is 0.0482. The number of anilines is 1. The Labute approximate surface area is 220 Å². The number of nitrogens with one attached hydrogen (secondary N) is 1. The van der Waals surface area contributed by atoms with Crippen LogP contribution in [0.5, 0.6) is 5.75 Å². The van der Waals surface area contributed by atoms with Crippen molar-refractivity contribution in [3.63, 3.8) is 0 Å². The summed E-state index contributed by atoms with van der Waals surface area (Å²) in [6.07, 6.45) is -1.11. The number of hydrogen-bond acceptors (Lipinski definition) is 6. The molecular weight excluding hydrogens is 497 g/mol. The van der Waals surface area contributed by atoms with Gasteiger partial charge in [0.1, 0.15) is 11.6 Å². The zero-order chi connectivity index (χ0) is 27.8. The Kier molecular flexibility index (Phi) is 7.83. The number of aliphatic hydroxyl groups is 1. The number of carbonyl (C=O) groups excluding carboxylic acids is 1. The molecule has 0 spiro atoms. The van der Waals surface area contributed by atoms with Gasteiger partial charge in [-0.05, 0) is 51.7 Å². The van der Waals surface area contributed by atoms with Gasteiger partial charge in [-0.25, -0.2) is 13.2 Å². The molecule has 38 heavy (non-hydrogen) atoms. The molecule has 4 rings (SSSR count). The first-order valence-electron chi connectivity index (χ1n) is 12.6. The Balaban J connectivity index is 1.73. The molecular formula is C28H33F3N4O3. The third kappa shape index (κ3) is 5.14. The number of hydrogen-bond donors (Lipinski definition) is 2. The van der Waals surface area contributed by atoms with Gasteiger partial charge in [-0.2, -0.15) is 5.10 Å². The van der Waals surface area contributed by atoms with E-state index in [9.17, 15) is 23.1 Å². The first kappa shape index (κ1) is 27.6. The third-order valence-electron chi connectivity index (χ3n) is 7.50. The smallest absolute Gasteiger partial charge is 0.266 e. The molecule has 1 saturated carbocycles. The van der Waals surface area contributed by atoms with Crippen molar-refractivity contribution in [3.05, 3.63) is 58.5 Å². The third-order valence-corrected chi connectivity index (χ3v) is 7.50. The highest BCUT2D eigenvalue weighted by molar-refractivity contribution is 5.95. The van der Waals surface area contributed by atoms with Crippen LogP contribution < -0.4 is 10.1 Å². The molecule has 2 aromatic carbocycles. The van der Waals surface area contributed by atoms with Crippen LogP contribution in [-0.2, 0) is 10.4 Å². The van der Waals surface area contributed by atoms with E-state index in [1.807, 2.05) is 0 Å². The molecule has 1 aliphatic carbocycles. The Morgan fingerprint density at radius 3 is 2.42 bits per heavy atom. The van der Waals surface area contributed by atoms with Crippen LogP contribution in [0, 0.1) is 18.7 Å². The van der Waals surface area contributed by atoms with Crippen molar-refractivity contribution in [3.8, 4) is 5.75 Å². The van der Waals surface area contributed by atoms with E-state index < -0.39 is 29.4 Å². The topological polar surface area (TPSA) is 87.6 Å². The van der Waals surface area contributed by atoms with Crippen molar-refractivity contribution in [1.82, 2.24) is 15.1 Å². The number of halogens is 3. The van der Waals surface area contributed by atoms with E-state index in [1.165, 1.54) is 19.2 Å². The van der Waals surface area contributed by atoms with E-state index in [0.29, 0.717) is 53.9 Å². The molecule has 0 bridgehead atoms. The highest BCUT2D eigenvalue weighted by atomic mass is 19.3.